The van der Waals surface area contributed by atoms with Gasteiger partial charge in [-0.05, 0) is 48.8 Å². The number of fused-ring (bicyclic) bond motifs is 1. The van der Waals surface area contributed by atoms with Gasteiger partial charge in [-0.1, -0.05) is 30.3 Å². The first-order valence-corrected chi connectivity index (χ1v) is 13.6. The molecule has 0 saturated carbocycles. The largest absolute Gasteiger partial charge is 0.453 e. The van der Waals surface area contributed by atoms with Gasteiger partial charge in [0.05, 0.1) is 21.5 Å². The lowest BCUT2D eigenvalue weighted by Crippen LogP contribution is -2.43. The summed E-state index contributed by atoms with van der Waals surface area (Å²) in [5.74, 6) is -1.52. The number of thiocarbonyl (C=S) groups is 1. The number of primary amides is 1. The fourth-order valence-corrected chi connectivity index (χ4v) is 5.70. The SMILES string of the molecule is NC(=O)[C@@H]1CCCN1C(=O)c1cc2nccc(Oc3ccc(NC(=S)NC(=O)Cc4ccccc4)cc3F)c2s1. The Morgan fingerprint density at radius 3 is 2.67 bits per heavy atom. The number of amides is 3. The molecule has 12 heteroatoms. The molecule has 0 aliphatic carbocycles. The number of rotatable bonds is 7. The summed E-state index contributed by atoms with van der Waals surface area (Å²) in [4.78, 5) is 43.2. The monoisotopic (exact) mass is 577 g/mol. The second-order valence-electron chi connectivity index (χ2n) is 9.10. The summed E-state index contributed by atoms with van der Waals surface area (Å²) in [5, 5.41) is 5.41. The van der Waals surface area contributed by atoms with Crippen molar-refractivity contribution in [2.75, 3.05) is 11.9 Å². The van der Waals surface area contributed by atoms with Crippen LogP contribution in [0.25, 0.3) is 10.2 Å². The molecule has 2 aromatic carbocycles. The average Bonchev–Trinajstić information content (AvgIpc) is 3.59. The van der Waals surface area contributed by atoms with Gasteiger partial charge in [0.25, 0.3) is 5.91 Å². The Morgan fingerprint density at radius 1 is 1.12 bits per heavy atom. The number of anilines is 1. The summed E-state index contributed by atoms with van der Waals surface area (Å²) < 4.78 is 21.4. The molecule has 1 saturated heterocycles. The summed E-state index contributed by atoms with van der Waals surface area (Å²) in [6.07, 6.45) is 2.90. The van der Waals surface area contributed by atoms with Gasteiger partial charge in [0.1, 0.15) is 11.8 Å². The van der Waals surface area contributed by atoms with Crippen molar-refractivity contribution in [1.29, 1.82) is 0 Å². The van der Waals surface area contributed by atoms with E-state index in [-0.39, 0.29) is 29.1 Å². The van der Waals surface area contributed by atoms with E-state index in [4.69, 9.17) is 22.7 Å². The molecule has 0 spiro atoms. The Morgan fingerprint density at radius 2 is 1.93 bits per heavy atom. The number of nitrogens with zero attached hydrogens (tertiary/aromatic N) is 2. The molecule has 40 heavy (non-hydrogen) atoms. The topological polar surface area (TPSA) is 127 Å². The second-order valence-corrected chi connectivity index (χ2v) is 10.6. The molecule has 4 aromatic rings. The number of pyridine rings is 1. The molecule has 3 amide bonds. The van der Waals surface area contributed by atoms with Gasteiger partial charge in [-0.15, -0.1) is 11.3 Å². The summed E-state index contributed by atoms with van der Waals surface area (Å²) >= 11 is 6.34. The number of nitrogens with two attached hydrogens (primary N) is 1. The van der Waals surface area contributed by atoms with Crippen molar-refractivity contribution in [3.8, 4) is 11.5 Å². The number of aromatic nitrogens is 1. The molecular formula is C28H24FN5O4S2. The summed E-state index contributed by atoms with van der Waals surface area (Å²) in [6, 6.07) is 16.0. The quantitative estimate of drug-likeness (QED) is 0.279. The lowest BCUT2D eigenvalue weighted by atomic mass is 10.1. The standard InChI is InChI=1S/C28H24FN5O4S2/c29-18-14-17(32-28(39)33-24(35)13-16-5-2-1-3-6-16)8-9-21(18)38-22-10-11-31-19-15-23(40-25(19)22)27(37)34-12-4-7-20(34)26(30)36/h1-3,5-6,8-11,14-15,20H,4,7,12-13H2,(H2,30,36)(H2,32,33,35,39)/t20-/m0/s1. The van der Waals surface area contributed by atoms with E-state index in [0.717, 1.165) is 16.9 Å². The molecule has 9 nitrogen and oxygen atoms in total. The molecule has 4 N–H and O–H groups in total. The van der Waals surface area contributed by atoms with Crippen LogP contribution in [-0.2, 0) is 16.0 Å². The first-order chi connectivity index (χ1) is 19.3. The molecule has 0 bridgehead atoms. The molecule has 5 rings (SSSR count). The van der Waals surface area contributed by atoms with Gasteiger partial charge in [-0.3, -0.25) is 19.4 Å². The second kappa shape index (κ2) is 11.8. The maximum Gasteiger partial charge on any atom is 0.264 e. The predicted molar refractivity (Wildman–Crippen MR) is 154 cm³/mol. The van der Waals surface area contributed by atoms with Crippen molar-refractivity contribution >= 4 is 62.3 Å². The Balaban J connectivity index is 1.26. The Kier molecular flexibility index (Phi) is 7.99. The molecule has 3 heterocycles. The number of thiophene rings is 1. The van der Waals surface area contributed by atoms with Crippen molar-refractivity contribution in [1.82, 2.24) is 15.2 Å². The highest BCUT2D eigenvalue weighted by Gasteiger charge is 2.34. The van der Waals surface area contributed by atoms with Crippen LogP contribution in [0.3, 0.4) is 0 Å². The van der Waals surface area contributed by atoms with Crippen LogP contribution in [0.4, 0.5) is 10.1 Å². The zero-order chi connectivity index (χ0) is 28.2. The van der Waals surface area contributed by atoms with E-state index >= 15 is 0 Å². The molecular weight excluding hydrogens is 553 g/mol. The minimum absolute atomic E-state index is 0.0391. The number of nitrogens with one attached hydrogen (secondary N) is 2. The number of likely N-dealkylation sites (tertiary alicyclic amines) is 1. The van der Waals surface area contributed by atoms with Crippen LogP contribution in [0.1, 0.15) is 28.1 Å². The lowest BCUT2D eigenvalue weighted by Gasteiger charge is -2.21. The molecule has 204 valence electrons. The number of benzene rings is 2. The minimum Gasteiger partial charge on any atom is -0.453 e. The molecule has 0 radical (unpaired) electrons. The Hall–Kier alpha value is -4.42. The summed E-state index contributed by atoms with van der Waals surface area (Å²) in [7, 11) is 0. The van der Waals surface area contributed by atoms with Crippen LogP contribution in [0.5, 0.6) is 11.5 Å². The maximum absolute atomic E-state index is 15.0. The van der Waals surface area contributed by atoms with E-state index in [1.165, 1.54) is 23.2 Å². The van der Waals surface area contributed by atoms with Gasteiger partial charge in [0.2, 0.25) is 11.8 Å². The van der Waals surface area contributed by atoms with Crippen molar-refractivity contribution < 1.29 is 23.5 Å². The van der Waals surface area contributed by atoms with Crippen LogP contribution in [-0.4, -0.2) is 45.3 Å². The van der Waals surface area contributed by atoms with Gasteiger partial charge in [0, 0.05) is 30.6 Å². The van der Waals surface area contributed by atoms with Crippen LogP contribution in [0, 0.1) is 5.82 Å². The first-order valence-electron chi connectivity index (χ1n) is 12.4. The Labute approximate surface area is 238 Å². The normalized spacial score (nSPS) is 14.6. The van der Waals surface area contributed by atoms with Gasteiger partial charge < -0.3 is 26.0 Å². The van der Waals surface area contributed by atoms with Gasteiger partial charge in [-0.25, -0.2) is 4.39 Å². The zero-order valence-corrected chi connectivity index (χ0v) is 22.7. The fraction of sp³-hybridized carbons (Fsp3) is 0.179. The van der Waals surface area contributed by atoms with Gasteiger partial charge in [0.15, 0.2) is 16.7 Å². The van der Waals surface area contributed by atoms with Crippen LogP contribution in [0.2, 0.25) is 0 Å². The van der Waals surface area contributed by atoms with Crippen LogP contribution in [0.15, 0.2) is 66.9 Å². The average molecular weight is 578 g/mol. The number of hydrogen-bond donors (Lipinski definition) is 3. The summed E-state index contributed by atoms with van der Waals surface area (Å²) in [5.41, 5.74) is 7.14. The van der Waals surface area contributed by atoms with Crippen molar-refractivity contribution in [3.63, 3.8) is 0 Å². The van der Waals surface area contributed by atoms with Crippen LogP contribution >= 0.6 is 23.6 Å². The molecule has 1 fully saturated rings. The molecule has 1 aliphatic rings. The number of halogens is 1. The van der Waals surface area contributed by atoms with Gasteiger partial charge >= 0.3 is 0 Å². The third-order valence-electron chi connectivity index (χ3n) is 6.30. The molecule has 1 atom stereocenters. The predicted octanol–water partition coefficient (Wildman–Crippen LogP) is 4.37. The highest BCUT2D eigenvalue weighted by atomic mass is 32.1. The van der Waals surface area contributed by atoms with Crippen molar-refractivity contribution in [2.45, 2.75) is 25.3 Å². The molecule has 2 aromatic heterocycles. The molecule has 0 unspecified atom stereocenters. The number of ether oxygens (including phenoxy) is 1. The van der Waals surface area contributed by atoms with Gasteiger partial charge in [-0.2, -0.15) is 0 Å². The zero-order valence-electron chi connectivity index (χ0n) is 21.1. The lowest BCUT2D eigenvalue weighted by molar-refractivity contribution is -0.121. The first kappa shape index (κ1) is 27.2. The van der Waals surface area contributed by atoms with Crippen LogP contribution < -0.4 is 21.1 Å². The highest BCUT2D eigenvalue weighted by Crippen LogP contribution is 2.37. The van der Waals surface area contributed by atoms with E-state index < -0.39 is 17.8 Å². The summed E-state index contributed by atoms with van der Waals surface area (Å²) in [6.45, 7) is 0.448. The third kappa shape index (κ3) is 6.08. The maximum atomic E-state index is 15.0. The highest BCUT2D eigenvalue weighted by molar-refractivity contribution is 7.80. The smallest absolute Gasteiger partial charge is 0.264 e. The number of carbonyl (C=O) groups excluding carboxylic acids is 3. The molecule has 1 aliphatic heterocycles. The van der Waals surface area contributed by atoms with E-state index in [1.54, 1.807) is 18.2 Å². The van der Waals surface area contributed by atoms with E-state index in [0.29, 0.717) is 45.9 Å². The van der Waals surface area contributed by atoms with Crippen molar-refractivity contribution in [3.05, 3.63) is 83.1 Å². The van der Waals surface area contributed by atoms with Crippen molar-refractivity contribution in [2.24, 2.45) is 5.73 Å². The third-order valence-corrected chi connectivity index (χ3v) is 7.63. The van der Waals surface area contributed by atoms with E-state index in [1.807, 2.05) is 30.3 Å². The minimum atomic E-state index is -0.664. The van der Waals surface area contributed by atoms with E-state index in [9.17, 15) is 18.8 Å². The number of hydrogen-bond acceptors (Lipinski definition) is 7. The Bertz CT molecular complexity index is 1610. The fourth-order valence-electron chi connectivity index (χ4n) is 4.44. The number of carbonyl (C=O) groups is 3. The van der Waals surface area contributed by atoms with E-state index in [2.05, 4.69) is 15.6 Å².